The van der Waals surface area contributed by atoms with Crippen molar-refractivity contribution in [2.24, 2.45) is 4.99 Å². The molecule has 190 valence electrons. The van der Waals surface area contributed by atoms with E-state index in [0.717, 1.165) is 73.9 Å². The smallest absolute Gasteiger partial charge is 0.137 e. The summed E-state index contributed by atoms with van der Waals surface area (Å²) in [4.78, 5) is 14.8. The summed E-state index contributed by atoms with van der Waals surface area (Å²) in [6, 6.07) is 14.0. The van der Waals surface area contributed by atoms with Gasteiger partial charge in [-0.25, -0.2) is 9.37 Å². The highest BCUT2D eigenvalue weighted by Gasteiger charge is 2.33. The van der Waals surface area contributed by atoms with E-state index in [1.54, 1.807) is 12.1 Å². The summed E-state index contributed by atoms with van der Waals surface area (Å²) in [5.41, 5.74) is 4.10. The Labute approximate surface area is 212 Å². The summed E-state index contributed by atoms with van der Waals surface area (Å²) >= 11 is 0. The molecule has 0 saturated carbocycles. The molecule has 2 atom stereocenters. The van der Waals surface area contributed by atoms with Gasteiger partial charge in [-0.05, 0) is 55.3 Å². The second-order valence-electron chi connectivity index (χ2n) is 9.66. The monoisotopic (exact) mass is 490 g/mol. The van der Waals surface area contributed by atoms with Gasteiger partial charge in [0.1, 0.15) is 23.1 Å². The lowest BCUT2D eigenvalue weighted by Gasteiger charge is -2.41. The number of likely N-dealkylation sites (N-methyl/N-ethyl adjacent to an activating group) is 1. The van der Waals surface area contributed by atoms with E-state index in [1.165, 1.54) is 12.1 Å². The number of fused-ring (bicyclic) bond motifs is 1. The standard InChI is InChI=1S/C28H35FN6O/c1-3-33-14-16-34(17-15-33)26-18-25(30-13-12-21-4-10-24(36)11-5-21)27-28(32-26)35(19-31-27)20(2)22-6-8-23(29)9-7-22/h4-11,19-20,26,32,36H,3,12-18H2,1-2H3. The van der Waals surface area contributed by atoms with Crippen LogP contribution in [-0.2, 0) is 6.42 Å². The number of aliphatic imine (C=N–C) groups is 1. The molecule has 8 heteroatoms. The van der Waals surface area contributed by atoms with Crippen molar-refractivity contribution < 1.29 is 9.50 Å². The lowest BCUT2D eigenvalue weighted by atomic mass is 10.0. The number of phenolic OH excluding ortho intramolecular Hbond substituents is 1. The lowest BCUT2D eigenvalue weighted by Crippen LogP contribution is -2.54. The van der Waals surface area contributed by atoms with Gasteiger partial charge < -0.3 is 19.9 Å². The first-order chi connectivity index (χ1) is 17.5. The summed E-state index contributed by atoms with van der Waals surface area (Å²) in [7, 11) is 0. The van der Waals surface area contributed by atoms with Crippen molar-refractivity contribution in [3.63, 3.8) is 0 Å². The van der Waals surface area contributed by atoms with E-state index >= 15 is 0 Å². The normalized spacial score (nSPS) is 20.8. The van der Waals surface area contributed by atoms with Gasteiger partial charge in [-0.2, -0.15) is 0 Å². The zero-order chi connectivity index (χ0) is 25.1. The predicted octanol–water partition coefficient (Wildman–Crippen LogP) is 4.15. The molecule has 2 aromatic carbocycles. The van der Waals surface area contributed by atoms with E-state index in [0.29, 0.717) is 6.54 Å². The van der Waals surface area contributed by atoms with Crippen LogP contribution in [0.4, 0.5) is 10.2 Å². The molecule has 0 aliphatic carbocycles. The van der Waals surface area contributed by atoms with E-state index in [-0.39, 0.29) is 23.8 Å². The van der Waals surface area contributed by atoms with Crippen LogP contribution in [0, 0.1) is 5.82 Å². The van der Waals surface area contributed by atoms with Crippen LogP contribution in [0.1, 0.15) is 43.1 Å². The van der Waals surface area contributed by atoms with Crippen molar-refractivity contribution in [2.45, 2.75) is 38.9 Å². The Bertz CT molecular complexity index is 1180. The molecule has 0 radical (unpaired) electrons. The zero-order valence-corrected chi connectivity index (χ0v) is 21.1. The molecule has 1 aromatic heterocycles. The summed E-state index contributed by atoms with van der Waals surface area (Å²) in [6.45, 7) is 10.3. The van der Waals surface area contributed by atoms with Crippen molar-refractivity contribution in [3.05, 3.63) is 77.5 Å². The second-order valence-corrected chi connectivity index (χ2v) is 9.66. The number of piperazine rings is 1. The zero-order valence-electron chi connectivity index (χ0n) is 21.1. The minimum Gasteiger partial charge on any atom is -0.508 e. The molecule has 2 N–H and O–H groups in total. The first-order valence-corrected chi connectivity index (χ1v) is 12.9. The molecule has 1 saturated heterocycles. The first-order valence-electron chi connectivity index (χ1n) is 12.9. The number of anilines is 1. The fraction of sp³-hybridized carbons (Fsp3) is 0.429. The SMILES string of the molecule is CCN1CCN(C2CC(=NCCc3ccc(O)cc3)c3ncn(C(C)c4ccc(F)cc4)c3N2)CC1. The summed E-state index contributed by atoms with van der Waals surface area (Å²) in [6.07, 6.45) is 3.63. The average Bonchev–Trinajstić information content (AvgIpc) is 3.34. The van der Waals surface area contributed by atoms with Crippen molar-refractivity contribution in [3.8, 4) is 5.75 Å². The van der Waals surface area contributed by atoms with Crippen molar-refractivity contribution in [1.29, 1.82) is 0 Å². The predicted molar refractivity (Wildman–Crippen MR) is 141 cm³/mol. The minimum atomic E-state index is -0.230. The van der Waals surface area contributed by atoms with Gasteiger partial charge in [-0.3, -0.25) is 9.89 Å². The Morgan fingerprint density at radius 2 is 1.81 bits per heavy atom. The average molecular weight is 491 g/mol. The fourth-order valence-electron chi connectivity index (χ4n) is 5.13. The molecule has 7 nitrogen and oxygen atoms in total. The largest absolute Gasteiger partial charge is 0.508 e. The summed E-state index contributed by atoms with van der Waals surface area (Å²) < 4.78 is 15.7. The van der Waals surface area contributed by atoms with Crippen LogP contribution in [0.2, 0.25) is 0 Å². The van der Waals surface area contributed by atoms with Crippen molar-refractivity contribution in [1.82, 2.24) is 19.4 Å². The van der Waals surface area contributed by atoms with Crippen LogP contribution >= 0.6 is 0 Å². The van der Waals surface area contributed by atoms with Crippen LogP contribution in [0.5, 0.6) is 5.75 Å². The Morgan fingerprint density at radius 3 is 2.50 bits per heavy atom. The number of rotatable bonds is 7. The van der Waals surface area contributed by atoms with Gasteiger partial charge in [0.05, 0.1) is 24.2 Å². The molecular formula is C28H35FN6O. The number of aromatic hydroxyl groups is 1. The number of imidazole rings is 1. The molecule has 2 unspecified atom stereocenters. The number of halogens is 1. The van der Waals surface area contributed by atoms with Gasteiger partial charge in [-0.1, -0.05) is 31.2 Å². The van der Waals surface area contributed by atoms with E-state index in [9.17, 15) is 9.50 Å². The molecule has 3 aromatic rings. The Kier molecular flexibility index (Phi) is 7.34. The van der Waals surface area contributed by atoms with E-state index in [4.69, 9.17) is 9.98 Å². The molecule has 0 spiro atoms. The van der Waals surface area contributed by atoms with Crippen molar-refractivity contribution in [2.75, 3.05) is 44.6 Å². The van der Waals surface area contributed by atoms with E-state index in [2.05, 4.69) is 33.5 Å². The molecule has 2 aliphatic heterocycles. The number of benzene rings is 2. The van der Waals surface area contributed by atoms with Crippen molar-refractivity contribution >= 4 is 11.5 Å². The number of phenols is 1. The highest BCUT2D eigenvalue weighted by Crippen LogP contribution is 2.31. The third kappa shape index (κ3) is 5.29. The number of hydrogen-bond donors (Lipinski definition) is 2. The van der Waals surface area contributed by atoms with Crippen LogP contribution < -0.4 is 5.32 Å². The molecule has 0 bridgehead atoms. The fourth-order valence-corrected chi connectivity index (χ4v) is 5.13. The molecule has 5 rings (SSSR count). The maximum Gasteiger partial charge on any atom is 0.137 e. The lowest BCUT2D eigenvalue weighted by molar-refractivity contribution is 0.110. The quantitative estimate of drug-likeness (QED) is 0.521. The van der Waals surface area contributed by atoms with Crippen LogP contribution in [0.15, 0.2) is 59.9 Å². The highest BCUT2D eigenvalue weighted by atomic mass is 19.1. The third-order valence-corrected chi connectivity index (χ3v) is 7.46. The number of nitrogens with one attached hydrogen (secondary N) is 1. The van der Waals surface area contributed by atoms with E-state index < -0.39 is 0 Å². The second kappa shape index (κ2) is 10.8. The molecular weight excluding hydrogens is 455 g/mol. The maximum atomic E-state index is 13.5. The van der Waals surface area contributed by atoms with Crippen LogP contribution in [-0.4, -0.2) is 75.6 Å². The minimum absolute atomic E-state index is 0.00304. The van der Waals surface area contributed by atoms with E-state index in [1.807, 2.05) is 30.6 Å². The molecule has 0 amide bonds. The Hall–Kier alpha value is -3.23. The molecule has 1 fully saturated rings. The van der Waals surface area contributed by atoms with Gasteiger partial charge in [-0.15, -0.1) is 0 Å². The topological polar surface area (TPSA) is 68.9 Å². The maximum absolute atomic E-state index is 13.5. The summed E-state index contributed by atoms with van der Waals surface area (Å²) in [5, 5.41) is 13.3. The van der Waals surface area contributed by atoms with Gasteiger partial charge in [0.2, 0.25) is 0 Å². The van der Waals surface area contributed by atoms with Gasteiger partial charge in [0, 0.05) is 39.1 Å². The first kappa shape index (κ1) is 24.5. The Morgan fingerprint density at radius 1 is 1.08 bits per heavy atom. The Balaban J connectivity index is 1.41. The molecule has 3 heterocycles. The summed E-state index contributed by atoms with van der Waals surface area (Å²) in [5.74, 6) is 1.02. The van der Waals surface area contributed by atoms with Gasteiger partial charge in [0.15, 0.2) is 0 Å². The molecule has 36 heavy (non-hydrogen) atoms. The van der Waals surface area contributed by atoms with Gasteiger partial charge >= 0.3 is 0 Å². The molecule has 2 aliphatic rings. The van der Waals surface area contributed by atoms with Gasteiger partial charge in [0.25, 0.3) is 0 Å². The number of hydrogen-bond acceptors (Lipinski definition) is 6. The van der Waals surface area contributed by atoms with Crippen LogP contribution in [0.25, 0.3) is 0 Å². The highest BCUT2D eigenvalue weighted by molar-refractivity contribution is 6.05. The number of aromatic nitrogens is 2. The van der Waals surface area contributed by atoms with Crippen LogP contribution in [0.3, 0.4) is 0 Å². The third-order valence-electron chi connectivity index (χ3n) is 7.46. The number of nitrogens with zero attached hydrogens (tertiary/aromatic N) is 5.